The first-order valence-electron chi connectivity index (χ1n) is 4.80. The lowest BCUT2D eigenvalue weighted by atomic mass is 10.3. The molecule has 0 spiro atoms. The number of halogens is 1. The zero-order chi connectivity index (χ0) is 10.6. The minimum Gasteiger partial charge on any atom is -0.355 e. The molecule has 1 rings (SSSR count). The van der Waals surface area contributed by atoms with Crippen LogP contribution in [0, 0.1) is 13.8 Å². The van der Waals surface area contributed by atoms with Crippen LogP contribution in [0.15, 0.2) is 6.20 Å². The Hall–Kier alpha value is -0.640. The Morgan fingerprint density at radius 1 is 1.36 bits per heavy atom. The molecular formula is C10H16BrN3. The van der Waals surface area contributed by atoms with Crippen molar-refractivity contribution < 1.29 is 0 Å². The smallest absolute Gasteiger partial charge is 0.147 e. The molecule has 0 aliphatic carbocycles. The van der Waals surface area contributed by atoms with E-state index in [2.05, 4.69) is 37.7 Å². The van der Waals surface area contributed by atoms with E-state index in [1.165, 1.54) is 0 Å². The predicted molar refractivity (Wildman–Crippen MR) is 63.2 cm³/mol. The highest BCUT2D eigenvalue weighted by atomic mass is 79.9. The van der Waals surface area contributed by atoms with Gasteiger partial charge in [0.2, 0.25) is 0 Å². The van der Waals surface area contributed by atoms with Gasteiger partial charge in [-0.25, -0.2) is 4.98 Å². The van der Waals surface area contributed by atoms with Gasteiger partial charge in [0.15, 0.2) is 0 Å². The fourth-order valence-electron chi connectivity index (χ4n) is 1.22. The summed E-state index contributed by atoms with van der Waals surface area (Å²) in [5, 5.41) is 0.954. The molecule has 0 aliphatic rings. The van der Waals surface area contributed by atoms with Crippen LogP contribution in [-0.4, -0.2) is 28.4 Å². The fraction of sp³-hybridized carbons (Fsp3) is 0.600. The zero-order valence-corrected chi connectivity index (χ0v) is 10.5. The van der Waals surface area contributed by atoms with E-state index in [0.717, 1.165) is 35.6 Å². The van der Waals surface area contributed by atoms with Gasteiger partial charge in [0.05, 0.1) is 17.6 Å². The van der Waals surface area contributed by atoms with Gasteiger partial charge in [-0.3, -0.25) is 4.98 Å². The third kappa shape index (κ3) is 2.67. The number of nitrogens with zero attached hydrogens (tertiary/aromatic N) is 3. The topological polar surface area (TPSA) is 29.0 Å². The van der Waals surface area contributed by atoms with Gasteiger partial charge >= 0.3 is 0 Å². The molecule has 0 atom stereocenters. The third-order valence-electron chi connectivity index (χ3n) is 2.24. The highest BCUT2D eigenvalue weighted by molar-refractivity contribution is 9.09. The molecule has 78 valence electrons. The zero-order valence-electron chi connectivity index (χ0n) is 8.92. The van der Waals surface area contributed by atoms with Crippen LogP contribution in [0.5, 0.6) is 0 Å². The van der Waals surface area contributed by atoms with Gasteiger partial charge in [-0.05, 0) is 20.8 Å². The van der Waals surface area contributed by atoms with E-state index in [-0.39, 0.29) is 0 Å². The monoisotopic (exact) mass is 257 g/mol. The second-order valence-corrected chi connectivity index (χ2v) is 3.96. The average molecular weight is 258 g/mol. The van der Waals surface area contributed by atoms with E-state index in [9.17, 15) is 0 Å². The number of hydrogen-bond donors (Lipinski definition) is 0. The summed E-state index contributed by atoms with van der Waals surface area (Å²) < 4.78 is 0. The van der Waals surface area contributed by atoms with Crippen LogP contribution in [0.4, 0.5) is 5.82 Å². The van der Waals surface area contributed by atoms with E-state index in [1.807, 2.05) is 20.0 Å². The maximum atomic E-state index is 4.51. The summed E-state index contributed by atoms with van der Waals surface area (Å²) in [4.78, 5) is 11.0. The Labute approximate surface area is 93.7 Å². The summed E-state index contributed by atoms with van der Waals surface area (Å²) in [5.41, 5.74) is 2.01. The van der Waals surface area contributed by atoms with Gasteiger partial charge in [0.25, 0.3) is 0 Å². The van der Waals surface area contributed by atoms with Gasteiger partial charge in [0.1, 0.15) is 5.82 Å². The van der Waals surface area contributed by atoms with Crippen molar-refractivity contribution in [2.24, 2.45) is 0 Å². The Kier molecular flexibility index (Phi) is 4.32. The predicted octanol–water partition coefficient (Wildman–Crippen LogP) is 2.31. The molecule has 0 aromatic carbocycles. The number of rotatable bonds is 4. The normalized spacial score (nSPS) is 10.3. The average Bonchev–Trinajstić information content (AvgIpc) is 2.19. The van der Waals surface area contributed by atoms with Crippen molar-refractivity contribution in [3.05, 3.63) is 17.6 Å². The quantitative estimate of drug-likeness (QED) is 0.776. The molecule has 1 heterocycles. The lowest BCUT2D eigenvalue weighted by Gasteiger charge is -2.20. The molecule has 0 N–H and O–H groups in total. The first-order chi connectivity index (χ1) is 6.69. The van der Waals surface area contributed by atoms with E-state index in [4.69, 9.17) is 0 Å². The molecule has 0 saturated heterocycles. The molecule has 0 amide bonds. The van der Waals surface area contributed by atoms with Crippen LogP contribution >= 0.6 is 15.9 Å². The van der Waals surface area contributed by atoms with Crippen LogP contribution in [0.3, 0.4) is 0 Å². The molecule has 3 nitrogen and oxygen atoms in total. The number of aryl methyl sites for hydroxylation is 2. The summed E-state index contributed by atoms with van der Waals surface area (Å²) >= 11 is 3.43. The summed E-state index contributed by atoms with van der Waals surface area (Å²) in [6, 6.07) is 0. The number of hydrogen-bond acceptors (Lipinski definition) is 3. The van der Waals surface area contributed by atoms with Crippen LogP contribution < -0.4 is 4.90 Å². The van der Waals surface area contributed by atoms with E-state index >= 15 is 0 Å². The molecule has 0 radical (unpaired) electrons. The molecule has 0 bridgehead atoms. The molecule has 0 saturated carbocycles. The largest absolute Gasteiger partial charge is 0.355 e. The highest BCUT2D eigenvalue weighted by Gasteiger charge is 2.06. The number of anilines is 1. The van der Waals surface area contributed by atoms with Gasteiger partial charge in [-0.15, -0.1) is 0 Å². The first kappa shape index (κ1) is 11.4. The molecule has 1 aromatic heterocycles. The summed E-state index contributed by atoms with van der Waals surface area (Å²) in [6.45, 7) is 8.02. The maximum absolute atomic E-state index is 4.51. The van der Waals surface area contributed by atoms with Crippen molar-refractivity contribution in [3.8, 4) is 0 Å². The van der Waals surface area contributed by atoms with Crippen LogP contribution in [0.1, 0.15) is 18.3 Å². The van der Waals surface area contributed by atoms with E-state index in [1.54, 1.807) is 0 Å². The van der Waals surface area contributed by atoms with Crippen LogP contribution in [-0.2, 0) is 0 Å². The molecule has 14 heavy (non-hydrogen) atoms. The first-order valence-corrected chi connectivity index (χ1v) is 5.92. The van der Waals surface area contributed by atoms with E-state index in [0.29, 0.717) is 0 Å². The maximum Gasteiger partial charge on any atom is 0.147 e. The fourth-order valence-corrected chi connectivity index (χ4v) is 1.65. The van der Waals surface area contributed by atoms with Crippen molar-refractivity contribution in [1.82, 2.24) is 9.97 Å². The van der Waals surface area contributed by atoms with Gasteiger partial charge in [0, 0.05) is 18.4 Å². The Bertz CT molecular complexity index is 301. The second-order valence-electron chi connectivity index (χ2n) is 3.17. The molecule has 4 heteroatoms. The Morgan fingerprint density at radius 3 is 2.57 bits per heavy atom. The van der Waals surface area contributed by atoms with Crippen molar-refractivity contribution in [2.75, 3.05) is 23.3 Å². The van der Waals surface area contributed by atoms with E-state index < -0.39 is 0 Å². The SMILES string of the molecule is CCN(CCBr)c1cnc(C)c(C)n1. The lowest BCUT2D eigenvalue weighted by Crippen LogP contribution is -2.26. The minimum absolute atomic E-state index is 0.954. The Balaban J connectivity index is 2.88. The second kappa shape index (κ2) is 5.29. The molecule has 0 fully saturated rings. The summed E-state index contributed by atoms with van der Waals surface area (Å²) in [5.74, 6) is 0.968. The molecule has 1 aromatic rings. The van der Waals surface area contributed by atoms with Gasteiger partial charge in [-0.2, -0.15) is 0 Å². The summed E-state index contributed by atoms with van der Waals surface area (Å²) in [7, 11) is 0. The molecular weight excluding hydrogens is 242 g/mol. The third-order valence-corrected chi connectivity index (χ3v) is 2.59. The van der Waals surface area contributed by atoms with Gasteiger partial charge in [-0.1, -0.05) is 15.9 Å². The van der Waals surface area contributed by atoms with Gasteiger partial charge < -0.3 is 4.90 Å². The van der Waals surface area contributed by atoms with Crippen molar-refractivity contribution in [3.63, 3.8) is 0 Å². The summed E-state index contributed by atoms with van der Waals surface area (Å²) in [6.07, 6.45) is 1.84. The number of aromatic nitrogens is 2. The van der Waals surface area contributed by atoms with Crippen molar-refractivity contribution in [1.29, 1.82) is 0 Å². The minimum atomic E-state index is 0.954. The van der Waals surface area contributed by atoms with Crippen molar-refractivity contribution in [2.45, 2.75) is 20.8 Å². The number of alkyl halides is 1. The highest BCUT2D eigenvalue weighted by Crippen LogP contribution is 2.11. The van der Waals surface area contributed by atoms with Crippen molar-refractivity contribution >= 4 is 21.7 Å². The van der Waals surface area contributed by atoms with Crippen LogP contribution in [0.25, 0.3) is 0 Å². The van der Waals surface area contributed by atoms with Crippen LogP contribution in [0.2, 0.25) is 0 Å². The molecule has 0 unspecified atom stereocenters. The lowest BCUT2D eigenvalue weighted by molar-refractivity contribution is 0.838. The molecule has 0 aliphatic heterocycles. The standard InChI is InChI=1S/C10H16BrN3/c1-4-14(6-5-11)10-7-12-8(2)9(3)13-10/h7H,4-6H2,1-3H3. The Morgan fingerprint density at radius 2 is 2.07 bits per heavy atom.